The largest absolute Gasteiger partial charge is 0.490 e. The zero-order chi connectivity index (χ0) is 18.3. The third-order valence-corrected chi connectivity index (χ3v) is 4.72. The lowest BCUT2D eigenvalue weighted by Gasteiger charge is -2.35. The second-order valence-electron chi connectivity index (χ2n) is 6.03. The number of benzene rings is 1. The van der Waals surface area contributed by atoms with Crippen molar-refractivity contribution in [2.45, 2.75) is 32.2 Å². The molecule has 0 aliphatic carbocycles. The lowest BCUT2D eigenvalue weighted by Crippen LogP contribution is -2.50. The topological polar surface area (TPSA) is 84.9 Å². The molecule has 1 aliphatic rings. The molecule has 1 unspecified atom stereocenters. The van der Waals surface area contributed by atoms with Gasteiger partial charge in [-0.05, 0) is 38.3 Å². The SMILES string of the molecule is CCOc1ccccc1OCC(=O)N1CCCCC1CNS(C)(=O)=O. The van der Waals surface area contributed by atoms with Gasteiger partial charge in [-0.3, -0.25) is 4.79 Å². The molecule has 1 aromatic carbocycles. The van der Waals surface area contributed by atoms with Gasteiger partial charge in [-0.2, -0.15) is 0 Å². The first-order valence-electron chi connectivity index (χ1n) is 8.49. The molecule has 0 bridgehead atoms. The number of carbonyl (C=O) groups is 1. The van der Waals surface area contributed by atoms with E-state index in [0.29, 0.717) is 24.7 Å². The zero-order valence-corrected chi connectivity index (χ0v) is 15.5. The number of para-hydroxylation sites is 2. The molecule has 1 N–H and O–H groups in total. The van der Waals surface area contributed by atoms with Crippen LogP contribution in [-0.4, -0.2) is 57.8 Å². The average Bonchev–Trinajstić information content (AvgIpc) is 2.59. The van der Waals surface area contributed by atoms with Crippen LogP contribution in [0.3, 0.4) is 0 Å². The molecular formula is C17H26N2O5S. The molecule has 0 spiro atoms. The van der Waals surface area contributed by atoms with Crippen LogP contribution >= 0.6 is 0 Å². The molecule has 0 aromatic heterocycles. The van der Waals surface area contributed by atoms with Crippen molar-refractivity contribution in [3.8, 4) is 11.5 Å². The maximum absolute atomic E-state index is 12.6. The van der Waals surface area contributed by atoms with E-state index in [0.717, 1.165) is 25.5 Å². The van der Waals surface area contributed by atoms with E-state index in [2.05, 4.69) is 4.72 Å². The highest BCUT2D eigenvalue weighted by atomic mass is 32.2. The minimum absolute atomic E-state index is 0.0978. The Kier molecular flexibility index (Phi) is 7.07. The van der Waals surface area contributed by atoms with E-state index >= 15 is 0 Å². The van der Waals surface area contributed by atoms with Gasteiger partial charge in [0.15, 0.2) is 18.1 Å². The van der Waals surface area contributed by atoms with Crippen molar-refractivity contribution in [2.75, 3.05) is 32.6 Å². The van der Waals surface area contributed by atoms with Crippen LogP contribution in [0.5, 0.6) is 11.5 Å². The van der Waals surface area contributed by atoms with Crippen LogP contribution in [0.25, 0.3) is 0 Å². The summed E-state index contributed by atoms with van der Waals surface area (Å²) >= 11 is 0. The summed E-state index contributed by atoms with van der Waals surface area (Å²) < 4.78 is 36.2. The summed E-state index contributed by atoms with van der Waals surface area (Å²) in [4.78, 5) is 14.3. The van der Waals surface area contributed by atoms with Gasteiger partial charge in [0.1, 0.15) is 0 Å². The number of hydrogen-bond acceptors (Lipinski definition) is 5. The summed E-state index contributed by atoms with van der Waals surface area (Å²) in [6.07, 6.45) is 3.80. The summed E-state index contributed by atoms with van der Waals surface area (Å²) in [5, 5.41) is 0. The highest BCUT2D eigenvalue weighted by Gasteiger charge is 2.27. The molecule has 0 radical (unpaired) electrons. The molecule has 1 heterocycles. The van der Waals surface area contributed by atoms with Gasteiger partial charge in [0.05, 0.1) is 12.9 Å². The average molecular weight is 370 g/mol. The van der Waals surface area contributed by atoms with Crippen LogP contribution in [0.15, 0.2) is 24.3 Å². The molecule has 0 saturated carbocycles. The van der Waals surface area contributed by atoms with Crippen LogP contribution < -0.4 is 14.2 Å². The molecule has 1 amide bonds. The predicted octanol–water partition coefficient (Wildman–Crippen LogP) is 1.39. The van der Waals surface area contributed by atoms with E-state index in [9.17, 15) is 13.2 Å². The number of nitrogens with zero attached hydrogens (tertiary/aromatic N) is 1. The number of hydrogen-bond donors (Lipinski definition) is 1. The van der Waals surface area contributed by atoms with Crippen molar-refractivity contribution in [3.05, 3.63) is 24.3 Å². The van der Waals surface area contributed by atoms with Crippen LogP contribution in [-0.2, 0) is 14.8 Å². The fourth-order valence-electron chi connectivity index (χ4n) is 2.86. The quantitative estimate of drug-likeness (QED) is 0.748. The maximum atomic E-state index is 12.6. The minimum atomic E-state index is -3.28. The van der Waals surface area contributed by atoms with Crippen molar-refractivity contribution in [1.82, 2.24) is 9.62 Å². The molecule has 1 aliphatic heterocycles. The zero-order valence-electron chi connectivity index (χ0n) is 14.7. The molecule has 25 heavy (non-hydrogen) atoms. The molecule has 1 fully saturated rings. The smallest absolute Gasteiger partial charge is 0.260 e. The van der Waals surface area contributed by atoms with E-state index in [1.54, 1.807) is 17.0 Å². The van der Waals surface area contributed by atoms with Gasteiger partial charge in [-0.15, -0.1) is 0 Å². The molecule has 1 aromatic rings. The van der Waals surface area contributed by atoms with Gasteiger partial charge in [0.2, 0.25) is 10.0 Å². The van der Waals surface area contributed by atoms with Crippen molar-refractivity contribution >= 4 is 15.9 Å². The van der Waals surface area contributed by atoms with Crippen molar-refractivity contribution in [1.29, 1.82) is 0 Å². The fourth-order valence-corrected chi connectivity index (χ4v) is 3.35. The van der Waals surface area contributed by atoms with E-state index in [-0.39, 0.29) is 25.1 Å². The Balaban J connectivity index is 1.96. The standard InChI is InChI=1S/C17H26N2O5S/c1-3-23-15-9-4-5-10-16(15)24-13-17(20)19-11-7-6-8-14(19)12-18-25(2,21)22/h4-5,9-10,14,18H,3,6-8,11-13H2,1-2H3. The van der Waals surface area contributed by atoms with Crippen molar-refractivity contribution < 1.29 is 22.7 Å². The van der Waals surface area contributed by atoms with Crippen LogP contribution in [0.2, 0.25) is 0 Å². The number of carbonyl (C=O) groups excluding carboxylic acids is 1. The number of piperidine rings is 1. The van der Waals surface area contributed by atoms with Gasteiger partial charge in [0, 0.05) is 19.1 Å². The number of likely N-dealkylation sites (tertiary alicyclic amines) is 1. The Bertz CT molecular complexity index is 677. The summed E-state index contributed by atoms with van der Waals surface area (Å²) in [6, 6.07) is 7.08. The Hall–Kier alpha value is -1.80. The van der Waals surface area contributed by atoms with Gasteiger partial charge in [-0.25, -0.2) is 13.1 Å². The summed E-state index contributed by atoms with van der Waals surface area (Å²) in [5.41, 5.74) is 0. The van der Waals surface area contributed by atoms with E-state index in [1.807, 2.05) is 19.1 Å². The minimum Gasteiger partial charge on any atom is -0.490 e. The van der Waals surface area contributed by atoms with Crippen LogP contribution in [0.4, 0.5) is 0 Å². The Morgan fingerprint density at radius 1 is 1.24 bits per heavy atom. The van der Waals surface area contributed by atoms with Crippen molar-refractivity contribution in [2.24, 2.45) is 0 Å². The summed E-state index contributed by atoms with van der Waals surface area (Å²) in [6.45, 7) is 3.15. The second kappa shape index (κ2) is 9.05. The number of sulfonamides is 1. The highest BCUT2D eigenvalue weighted by molar-refractivity contribution is 7.88. The van der Waals surface area contributed by atoms with Gasteiger partial charge >= 0.3 is 0 Å². The molecule has 1 saturated heterocycles. The van der Waals surface area contributed by atoms with E-state index in [4.69, 9.17) is 9.47 Å². The van der Waals surface area contributed by atoms with Gasteiger partial charge < -0.3 is 14.4 Å². The lowest BCUT2D eigenvalue weighted by molar-refractivity contribution is -0.136. The first kappa shape index (κ1) is 19.5. The maximum Gasteiger partial charge on any atom is 0.260 e. The van der Waals surface area contributed by atoms with Crippen LogP contribution in [0, 0.1) is 0 Å². The van der Waals surface area contributed by atoms with Gasteiger partial charge in [0.25, 0.3) is 5.91 Å². The lowest BCUT2D eigenvalue weighted by atomic mass is 10.0. The number of ether oxygens (including phenoxy) is 2. The molecule has 1 atom stereocenters. The monoisotopic (exact) mass is 370 g/mol. The summed E-state index contributed by atoms with van der Waals surface area (Å²) in [7, 11) is -3.28. The molecule has 7 nitrogen and oxygen atoms in total. The number of nitrogens with one attached hydrogen (secondary N) is 1. The Labute approximate surface area is 149 Å². The number of rotatable bonds is 8. The molecule has 8 heteroatoms. The number of amides is 1. The third kappa shape index (κ3) is 6.21. The Morgan fingerprint density at radius 2 is 1.92 bits per heavy atom. The van der Waals surface area contributed by atoms with E-state index < -0.39 is 10.0 Å². The van der Waals surface area contributed by atoms with E-state index in [1.165, 1.54) is 0 Å². The highest BCUT2D eigenvalue weighted by Crippen LogP contribution is 2.26. The third-order valence-electron chi connectivity index (χ3n) is 4.03. The first-order chi connectivity index (χ1) is 11.9. The summed E-state index contributed by atoms with van der Waals surface area (Å²) in [5.74, 6) is 0.985. The predicted molar refractivity (Wildman–Crippen MR) is 95.3 cm³/mol. The molecule has 140 valence electrons. The second-order valence-corrected chi connectivity index (χ2v) is 7.86. The Morgan fingerprint density at radius 3 is 2.56 bits per heavy atom. The van der Waals surface area contributed by atoms with Crippen LogP contribution in [0.1, 0.15) is 26.2 Å². The molecule has 2 rings (SSSR count). The van der Waals surface area contributed by atoms with Gasteiger partial charge in [-0.1, -0.05) is 12.1 Å². The molecular weight excluding hydrogens is 344 g/mol. The fraction of sp³-hybridized carbons (Fsp3) is 0.588. The first-order valence-corrected chi connectivity index (χ1v) is 10.4. The van der Waals surface area contributed by atoms with Crippen molar-refractivity contribution in [3.63, 3.8) is 0 Å². The normalized spacial score (nSPS) is 18.0.